The van der Waals surface area contributed by atoms with Crippen molar-refractivity contribution in [2.45, 2.75) is 19.4 Å². The maximum absolute atomic E-state index is 13.6. The second-order valence-electron chi connectivity index (χ2n) is 8.92. The average molecular weight is 547 g/mol. The number of aryl methyl sites for hydroxylation is 2. The van der Waals surface area contributed by atoms with Crippen LogP contribution in [0.4, 0.5) is 5.69 Å². The molecular weight excluding hydrogens is 524 g/mol. The number of nitrogens with zero attached hydrogens (tertiary/aromatic N) is 7. The van der Waals surface area contributed by atoms with E-state index in [2.05, 4.69) is 25.9 Å². The van der Waals surface area contributed by atoms with E-state index in [0.29, 0.717) is 46.2 Å². The van der Waals surface area contributed by atoms with E-state index in [-0.39, 0.29) is 11.5 Å². The molecule has 13 heteroatoms. The molecule has 1 unspecified atom stereocenters. The highest BCUT2D eigenvalue weighted by atomic mass is 35.5. The molecule has 0 spiro atoms. The number of fused-ring (bicyclic) bond motifs is 1. The molecule has 0 aliphatic carbocycles. The first kappa shape index (κ1) is 25.8. The lowest BCUT2D eigenvalue weighted by atomic mass is 9.95. The number of rotatable bonds is 6. The van der Waals surface area contributed by atoms with Crippen LogP contribution >= 0.6 is 11.6 Å². The van der Waals surface area contributed by atoms with E-state index < -0.39 is 17.9 Å². The number of carbonyl (C=O) groups is 3. The van der Waals surface area contributed by atoms with Crippen molar-refractivity contribution >= 4 is 41.1 Å². The summed E-state index contributed by atoms with van der Waals surface area (Å²) in [6.45, 7) is 2.09. The Morgan fingerprint density at radius 1 is 1.15 bits per heavy atom. The van der Waals surface area contributed by atoms with Crippen molar-refractivity contribution in [2.75, 3.05) is 11.9 Å². The van der Waals surface area contributed by atoms with Crippen LogP contribution in [0, 0.1) is 6.92 Å². The van der Waals surface area contributed by atoms with Gasteiger partial charge in [0, 0.05) is 53.6 Å². The average Bonchev–Trinajstić information content (AvgIpc) is 3.55. The van der Waals surface area contributed by atoms with Crippen molar-refractivity contribution in [1.29, 1.82) is 0 Å². The Bertz CT molecular complexity index is 1590. The molecule has 2 aromatic carbocycles. The highest BCUT2D eigenvalue weighted by molar-refractivity contribution is 6.30. The maximum atomic E-state index is 13.6. The summed E-state index contributed by atoms with van der Waals surface area (Å²) in [5.41, 5.74) is 3.92. The van der Waals surface area contributed by atoms with Gasteiger partial charge in [-0.25, -0.2) is 4.79 Å². The number of benzene rings is 2. The number of carboxylic acid groups (broad SMARTS) is 1. The van der Waals surface area contributed by atoms with Crippen molar-refractivity contribution in [3.05, 3.63) is 88.0 Å². The van der Waals surface area contributed by atoms with Crippen LogP contribution in [-0.2, 0) is 23.1 Å². The van der Waals surface area contributed by atoms with Crippen LogP contribution in [0.1, 0.15) is 38.9 Å². The number of carbonyl (C=O) groups excluding carboxylic acids is 2. The third kappa shape index (κ3) is 5.14. The quantitative estimate of drug-likeness (QED) is 0.351. The molecule has 2 amide bonds. The topological polar surface area (TPSA) is 148 Å². The summed E-state index contributed by atoms with van der Waals surface area (Å²) in [5.74, 6) is -1.88. The first-order valence-electron chi connectivity index (χ1n) is 11.9. The van der Waals surface area contributed by atoms with E-state index in [1.807, 2.05) is 7.05 Å². The van der Waals surface area contributed by atoms with Crippen LogP contribution < -0.4 is 5.32 Å². The lowest BCUT2D eigenvalue weighted by Crippen LogP contribution is -2.45. The zero-order valence-corrected chi connectivity index (χ0v) is 21.7. The van der Waals surface area contributed by atoms with E-state index >= 15 is 0 Å². The normalized spacial score (nSPS) is 14.8. The minimum atomic E-state index is -1.07. The van der Waals surface area contributed by atoms with Gasteiger partial charge < -0.3 is 15.3 Å². The maximum Gasteiger partial charge on any atom is 0.335 e. The molecular formula is C26H23ClN8O4. The summed E-state index contributed by atoms with van der Waals surface area (Å²) in [6.07, 6.45) is 4.95. The zero-order chi connectivity index (χ0) is 27.7. The largest absolute Gasteiger partial charge is 0.478 e. The first-order chi connectivity index (χ1) is 18.7. The molecule has 2 N–H and O–H groups in total. The van der Waals surface area contributed by atoms with Crippen molar-refractivity contribution in [1.82, 2.24) is 34.9 Å². The molecule has 1 aliphatic rings. The lowest BCUT2D eigenvalue weighted by molar-refractivity contribution is -0.135. The van der Waals surface area contributed by atoms with Crippen LogP contribution in [0.25, 0.3) is 11.8 Å². The number of aromatic carboxylic acids is 1. The van der Waals surface area contributed by atoms with E-state index in [9.17, 15) is 14.4 Å². The van der Waals surface area contributed by atoms with Gasteiger partial charge in [-0.05, 0) is 65.9 Å². The Hall–Kier alpha value is -4.84. The predicted molar refractivity (Wildman–Crippen MR) is 141 cm³/mol. The SMILES string of the molecule is Cc1nn(C)c2c1C(C(=O)Nc1ccc(C(=O)O)cc1)N(C(=O)C=Cc1cc(Cl)ccc1-n1cnnn1)CC2. The second kappa shape index (κ2) is 10.5. The summed E-state index contributed by atoms with van der Waals surface area (Å²) < 4.78 is 3.19. The van der Waals surface area contributed by atoms with Crippen molar-refractivity contribution in [3.63, 3.8) is 0 Å². The Balaban J connectivity index is 1.46. The van der Waals surface area contributed by atoms with Crippen LogP contribution in [0.5, 0.6) is 0 Å². The standard InChI is InChI=1S/C26H23ClN8O4/c1-15-23-21(33(2)30-15)11-12-34(24(23)25(37)29-19-7-3-16(4-8-19)26(38)39)22(36)10-5-17-13-18(27)6-9-20(17)35-14-28-31-32-35/h3-10,13-14,24H,11-12H2,1-2H3,(H,29,37)(H,38,39). The van der Waals surface area contributed by atoms with E-state index in [0.717, 1.165) is 5.69 Å². The molecule has 198 valence electrons. The fraction of sp³-hybridized carbons (Fsp3) is 0.192. The van der Waals surface area contributed by atoms with Gasteiger partial charge >= 0.3 is 5.97 Å². The number of hydrogen-bond acceptors (Lipinski definition) is 7. The molecule has 0 fully saturated rings. The minimum Gasteiger partial charge on any atom is -0.478 e. The third-order valence-electron chi connectivity index (χ3n) is 6.49. The number of amides is 2. The third-order valence-corrected chi connectivity index (χ3v) is 6.72. The van der Waals surface area contributed by atoms with Gasteiger partial charge in [-0.3, -0.25) is 14.3 Å². The van der Waals surface area contributed by atoms with Gasteiger partial charge in [0.05, 0.1) is 16.9 Å². The van der Waals surface area contributed by atoms with Gasteiger partial charge in [0.2, 0.25) is 5.91 Å². The fourth-order valence-corrected chi connectivity index (χ4v) is 4.88. The molecule has 3 heterocycles. The molecule has 5 rings (SSSR count). The minimum absolute atomic E-state index is 0.0973. The van der Waals surface area contributed by atoms with Gasteiger partial charge in [0.1, 0.15) is 12.4 Å². The molecule has 0 radical (unpaired) electrons. The van der Waals surface area contributed by atoms with E-state index in [4.69, 9.17) is 16.7 Å². The fourth-order valence-electron chi connectivity index (χ4n) is 4.70. The number of anilines is 1. The Labute approximate surface area is 227 Å². The molecule has 12 nitrogen and oxygen atoms in total. The highest BCUT2D eigenvalue weighted by Crippen LogP contribution is 2.33. The highest BCUT2D eigenvalue weighted by Gasteiger charge is 2.38. The number of aromatic nitrogens is 6. The lowest BCUT2D eigenvalue weighted by Gasteiger charge is -2.34. The van der Waals surface area contributed by atoms with Crippen molar-refractivity contribution in [3.8, 4) is 5.69 Å². The summed E-state index contributed by atoms with van der Waals surface area (Å²) in [5, 5.41) is 28.1. The molecule has 1 aliphatic heterocycles. The van der Waals surface area contributed by atoms with Crippen LogP contribution in [0.3, 0.4) is 0 Å². The number of nitrogens with one attached hydrogen (secondary N) is 1. The van der Waals surface area contributed by atoms with Gasteiger partial charge in [-0.1, -0.05) is 11.6 Å². The molecule has 1 atom stereocenters. The number of halogens is 1. The molecule has 39 heavy (non-hydrogen) atoms. The molecule has 0 saturated heterocycles. The smallest absolute Gasteiger partial charge is 0.335 e. The summed E-state index contributed by atoms with van der Waals surface area (Å²) in [6, 6.07) is 9.99. The molecule has 2 aromatic heterocycles. The van der Waals surface area contributed by atoms with Gasteiger partial charge in [0.15, 0.2) is 0 Å². The Morgan fingerprint density at radius 2 is 1.92 bits per heavy atom. The van der Waals surface area contributed by atoms with Crippen LogP contribution in [0.15, 0.2) is 54.9 Å². The number of carboxylic acids is 1. The van der Waals surface area contributed by atoms with E-state index in [1.165, 1.54) is 46.3 Å². The Kier molecular flexibility index (Phi) is 6.94. The predicted octanol–water partition coefficient (Wildman–Crippen LogP) is 2.83. The van der Waals surface area contributed by atoms with Gasteiger partial charge in [-0.15, -0.1) is 5.10 Å². The summed E-state index contributed by atoms with van der Waals surface area (Å²) >= 11 is 6.20. The van der Waals surface area contributed by atoms with Crippen molar-refractivity contribution < 1.29 is 19.5 Å². The molecule has 0 bridgehead atoms. The van der Waals surface area contributed by atoms with Gasteiger partial charge in [0.25, 0.3) is 5.91 Å². The summed E-state index contributed by atoms with van der Waals surface area (Å²) in [7, 11) is 1.81. The van der Waals surface area contributed by atoms with Gasteiger partial charge in [-0.2, -0.15) is 9.78 Å². The van der Waals surface area contributed by atoms with Crippen molar-refractivity contribution in [2.24, 2.45) is 7.05 Å². The number of tetrazole rings is 1. The zero-order valence-electron chi connectivity index (χ0n) is 20.9. The van der Waals surface area contributed by atoms with Crippen LogP contribution in [0.2, 0.25) is 5.02 Å². The molecule has 4 aromatic rings. The van der Waals surface area contributed by atoms with Crippen LogP contribution in [-0.4, -0.2) is 64.3 Å². The first-order valence-corrected chi connectivity index (χ1v) is 12.3. The Morgan fingerprint density at radius 3 is 2.62 bits per heavy atom. The molecule has 0 saturated carbocycles. The number of hydrogen-bond donors (Lipinski definition) is 2. The summed E-state index contributed by atoms with van der Waals surface area (Å²) in [4.78, 5) is 39.9. The second-order valence-corrected chi connectivity index (χ2v) is 9.35. The monoisotopic (exact) mass is 546 g/mol. The van der Waals surface area contributed by atoms with E-state index in [1.54, 1.807) is 35.9 Å².